The second-order valence-electron chi connectivity index (χ2n) is 7.31. The first kappa shape index (κ1) is 19.7. The van der Waals surface area contributed by atoms with Gasteiger partial charge in [0.05, 0.1) is 16.3 Å². The molecule has 4 rings (SSSR count). The number of carbonyl (C=O) groups is 1. The normalized spacial score (nSPS) is 17.8. The Kier molecular flexibility index (Phi) is 5.68. The maximum absolute atomic E-state index is 13.4. The van der Waals surface area contributed by atoms with Crippen LogP contribution in [0.4, 0.5) is 15.3 Å². The van der Waals surface area contributed by atoms with Gasteiger partial charge in [0.15, 0.2) is 10.9 Å². The Labute approximate surface area is 172 Å². The Morgan fingerprint density at radius 2 is 2.31 bits per heavy atom. The molecule has 1 N–H and O–H groups in total. The van der Waals surface area contributed by atoms with Crippen LogP contribution in [0.5, 0.6) is 0 Å². The lowest BCUT2D eigenvalue weighted by atomic mass is 10.1. The zero-order chi connectivity index (χ0) is 20.4. The summed E-state index contributed by atoms with van der Waals surface area (Å²) >= 11 is 1.27. The number of carbonyl (C=O) groups excluding carboxylic acids is 1. The van der Waals surface area contributed by atoms with Gasteiger partial charge >= 0.3 is 0 Å². The maximum Gasteiger partial charge on any atom is 0.243 e. The van der Waals surface area contributed by atoms with E-state index in [-0.39, 0.29) is 23.8 Å². The number of benzene rings is 1. The first-order valence-electron chi connectivity index (χ1n) is 9.63. The molecule has 3 aromatic rings. The number of rotatable bonds is 6. The van der Waals surface area contributed by atoms with E-state index in [1.165, 1.54) is 23.5 Å². The van der Waals surface area contributed by atoms with Crippen molar-refractivity contribution in [3.8, 4) is 0 Å². The Morgan fingerprint density at radius 1 is 1.45 bits per heavy atom. The highest BCUT2D eigenvalue weighted by Gasteiger charge is 2.29. The van der Waals surface area contributed by atoms with Crippen molar-refractivity contribution in [1.82, 2.24) is 20.1 Å². The topological polar surface area (TPSA) is 74.2 Å². The van der Waals surface area contributed by atoms with Crippen LogP contribution < -0.4 is 10.2 Å². The van der Waals surface area contributed by atoms with E-state index in [4.69, 9.17) is 0 Å². The molecule has 1 fully saturated rings. The third-order valence-electron chi connectivity index (χ3n) is 5.35. The van der Waals surface area contributed by atoms with Crippen molar-refractivity contribution in [2.75, 3.05) is 30.4 Å². The summed E-state index contributed by atoms with van der Waals surface area (Å²) in [4.78, 5) is 21.4. The second kappa shape index (κ2) is 8.38. The minimum atomic E-state index is -0.331. The standard InChI is InChI=1S/C20H23FN6OS/c1-13(19(28)24-20-23-16-8-7-14(21)11-17(16)29-20)26(2)12-15-5-4-10-27(15)18-6-3-9-22-25-18/h3,6-9,11,13,15H,4-5,10,12H2,1-2H3,(H,23,24,28). The summed E-state index contributed by atoms with van der Waals surface area (Å²) in [5, 5.41) is 11.6. The fourth-order valence-electron chi connectivity index (χ4n) is 3.63. The summed E-state index contributed by atoms with van der Waals surface area (Å²) in [6.45, 7) is 3.57. The fourth-order valence-corrected chi connectivity index (χ4v) is 4.52. The summed E-state index contributed by atoms with van der Waals surface area (Å²) in [5.41, 5.74) is 0.679. The molecule has 1 aliphatic rings. The average Bonchev–Trinajstić information content (AvgIpc) is 3.33. The highest BCUT2D eigenvalue weighted by atomic mass is 32.1. The quantitative estimate of drug-likeness (QED) is 0.668. The number of thiazole rings is 1. The van der Waals surface area contributed by atoms with Gasteiger partial charge in [0, 0.05) is 25.3 Å². The van der Waals surface area contributed by atoms with Gasteiger partial charge in [0.1, 0.15) is 5.82 Å². The molecule has 0 radical (unpaired) electrons. The lowest BCUT2D eigenvalue weighted by molar-refractivity contribution is -0.120. The van der Waals surface area contributed by atoms with Crippen LogP contribution in [-0.2, 0) is 4.79 Å². The zero-order valence-electron chi connectivity index (χ0n) is 16.4. The highest BCUT2D eigenvalue weighted by Crippen LogP contribution is 2.27. The van der Waals surface area contributed by atoms with Crippen molar-refractivity contribution in [2.45, 2.75) is 31.8 Å². The number of fused-ring (bicyclic) bond motifs is 1. The molecule has 1 amide bonds. The molecule has 0 bridgehead atoms. The molecule has 2 atom stereocenters. The molecule has 1 saturated heterocycles. The average molecular weight is 415 g/mol. The number of halogens is 1. The Hall–Kier alpha value is -2.65. The van der Waals surface area contributed by atoms with Gasteiger partial charge < -0.3 is 10.2 Å². The second-order valence-corrected chi connectivity index (χ2v) is 8.34. The highest BCUT2D eigenvalue weighted by molar-refractivity contribution is 7.22. The minimum Gasteiger partial charge on any atom is -0.351 e. The lowest BCUT2D eigenvalue weighted by Gasteiger charge is -2.31. The molecular formula is C20H23FN6OS. The monoisotopic (exact) mass is 414 g/mol. The van der Waals surface area contributed by atoms with Crippen LogP contribution in [0.15, 0.2) is 36.5 Å². The van der Waals surface area contributed by atoms with Crippen LogP contribution in [0.1, 0.15) is 19.8 Å². The van der Waals surface area contributed by atoms with Crippen LogP contribution in [0.2, 0.25) is 0 Å². The van der Waals surface area contributed by atoms with Crippen LogP contribution in [0.3, 0.4) is 0 Å². The molecule has 1 aromatic carbocycles. The Bertz CT molecular complexity index is 997. The van der Waals surface area contributed by atoms with Crippen molar-refractivity contribution in [3.05, 3.63) is 42.3 Å². The van der Waals surface area contributed by atoms with Gasteiger partial charge in [-0.3, -0.25) is 9.69 Å². The maximum atomic E-state index is 13.4. The number of nitrogens with one attached hydrogen (secondary N) is 1. The van der Waals surface area contributed by atoms with E-state index in [9.17, 15) is 9.18 Å². The van der Waals surface area contributed by atoms with Crippen molar-refractivity contribution in [1.29, 1.82) is 0 Å². The molecule has 152 valence electrons. The van der Waals surface area contributed by atoms with Gasteiger partial charge in [-0.1, -0.05) is 11.3 Å². The zero-order valence-corrected chi connectivity index (χ0v) is 17.2. The SMILES string of the molecule is CC(C(=O)Nc1nc2ccc(F)cc2s1)N(C)CC1CCCN1c1cccnn1. The van der Waals surface area contributed by atoms with E-state index < -0.39 is 0 Å². The van der Waals surface area contributed by atoms with E-state index in [0.717, 1.165) is 31.7 Å². The number of hydrogen-bond acceptors (Lipinski definition) is 7. The molecule has 2 aromatic heterocycles. The lowest BCUT2D eigenvalue weighted by Crippen LogP contribution is -2.46. The molecule has 2 unspecified atom stereocenters. The minimum absolute atomic E-state index is 0.129. The first-order chi connectivity index (χ1) is 14.0. The van der Waals surface area contributed by atoms with E-state index in [2.05, 4.69) is 25.4 Å². The summed E-state index contributed by atoms with van der Waals surface area (Å²) < 4.78 is 14.1. The van der Waals surface area contributed by atoms with Gasteiger partial charge in [-0.25, -0.2) is 9.37 Å². The number of nitrogens with zero attached hydrogens (tertiary/aromatic N) is 5. The third kappa shape index (κ3) is 4.35. The predicted octanol–water partition coefficient (Wildman–Crippen LogP) is 3.15. The number of amides is 1. The van der Waals surface area contributed by atoms with Crippen molar-refractivity contribution < 1.29 is 9.18 Å². The van der Waals surface area contributed by atoms with Crippen molar-refractivity contribution >= 4 is 38.4 Å². The van der Waals surface area contributed by atoms with Crippen molar-refractivity contribution in [3.63, 3.8) is 0 Å². The van der Waals surface area contributed by atoms with E-state index in [0.29, 0.717) is 15.3 Å². The van der Waals surface area contributed by atoms with Crippen LogP contribution in [0, 0.1) is 5.82 Å². The van der Waals surface area contributed by atoms with E-state index in [1.54, 1.807) is 12.3 Å². The Balaban J connectivity index is 1.38. The van der Waals surface area contributed by atoms with E-state index in [1.807, 2.05) is 31.0 Å². The number of aromatic nitrogens is 3. The van der Waals surface area contributed by atoms with Crippen LogP contribution >= 0.6 is 11.3 Å². The predicted molar refractivity (Wildman–Crippen MR) is 113 cm³/mol. The molecule has 9 heteroatoms. The van der Waals surface area contributed by atoms with Crippen LogP contribution in [0.25, 0.3) is 10.2 Å². The molecule has 7 nitrogen and oxygen atoms in total. The summed E-state index contributed by atoms with van der Waals surface area (Å²) in [5.74, 6) is 0.439. The van der Waals surface area contributed by atoms with Crippen LogP contribution in [-0.4, -0.2) is 58.2 Å². The summed E-state index contributed by atoms with van der Waals surface area (Å²) in [7, 11) is 1.95. The number of hydrogen-bond donors (Lipinski definition) is 1. The van der Waals surface area contributed by atoms with Gasteiger partial charge in [0.25, 0.3) is 0 Å². The molecule has 3 heterocycles. The molecule has 1 aliphatic heterocycles. The van der Waals surface area contributed by atoms with E-state index >= 15 is 0 Å². The number of likely N-dealkylation sites (N-methyl/N-ethyl adjacent to an activating group) is 1. The molecule has 0 aliphatic carbocycles. The van der Waals surface area contributed by atoms with Gasteiger partial charge in [0.2, 0.25) is 5.91 Å². The molecule has 0 saturated carbocycles. The molecule has 29 heavy (non-hydrogen) atoms. The van der Waals surface area contributed by atoms with Crippen molar-refractivity contribution in [2.24, 2.45) is 0 Å². The van der Waals surface area contributed by atoms with Gasteiger partial charge in [-0.15, -0.1) is 5.10 Å². The smallest absolute Gasteiger partial charge is 0.243 e. The summed E-state index contributed by atoms with van der Waals surface area (Å²) in [6, 6.07) is 8.24. The first-order valence-corrected chi connectivity index (χ1v) is 10.4. The number of anilines is 2. The molecule has 0 spiro atoms. The summed E-state index contributed by atoms with van der Waals surface area (Å²) in [6.07, 6.45) is 3.82. The fraction of sp³-hybridized carbons (Fsp3) is 0.400. The largest absolute Gasteiger partial charge is 0.351 e. The van der Waals surface area contributed by atoms with Gasteiger partial charge in [-0.2, -0.15) is 5.10 Å². The molecular weight excluding hydrogens is 391 g/mol. The Morgan fingerprint density at radius 3 is 3.10 bits per heavy atom. The van der Waals surface area contributed by atoms with Gasteiger partial charge in [-0.05, 0) is 57.1 Å². The third-order valence-corrected chi connectivity index (χ3v) is 6.28.